The lowest BCUT2D eigenvalue weighted by atomic mass is 9.95. The smallest absolute Gasteiger partial charge is 0.255 e. The number of hydrogen-bond donors (Lipinski definition) is 3. The quantitative estimate of drug-likeness (QED) is 0.305. The summed E-state index contributed by atoms with van der Waals surface area (Å²) < 4.78 is 16.2. The van der Waals surface area contributed by atoms with Crippen LogP contribution in [0.4, 0.5) is 15.8 Å². The minimum absolute atomic E-state index is 0.0799. The number of fused-ring (bicyclic) bond motifs is 4. The average Bonchev–Trinajstić information content (AvgIpc) is 3.30. The van der Waals surface area contributed by atoms with Crippen molar-refractivity contribution in [2.75, 3.05) is 11.1 Å². The minimum Gasteiger partial charge on any atom is -0.399 e. The summed E-state index contributed by atoms with van der Waals surface area (Å²) in [4.78, 5) is 31.0. The highest BCUT2D eigenvalue weighted by Gasteiger charge is 2.24. The number of aromatic nitrogens is 3. The molecule has 0 saturated heterocycles. The fraction of sp³-hybridized carbons (Fsp3) is 0.267. The van der Waals surface area contributed by atoms with Gasteiger partial charge >= 0.3 is 0 Å². The Labute approximate surface area is 226 Å². The molecule has 1 aliphatic rings. The van der Waals surface area contributed by atoms with Crippen molar-refractivity contribution in [2.24, 2.45) is 5.92 Å². The number of pyridine rings is 1. The van der Waals surface area contributed by atoms with Crippen molar-refractivity contribution in [2.45, 2.75) is 46.1 Å². The van der Waals surface area contributed by atoms with Gasteiger partial charge in [0.15, 0.2) is 5.82 Å². The molecule has 0 radical (unpaired) electrons. The number of carbonyl (C=O) groups excluding carboxylic acids is 2. The lowest BCUT2D eigenvalue weighted by Crippen LogP contribution is -2.30. The van der Waals surface area contributed by atoms with Crippen LogP contribution in [-0.4, -0.2) is 26.6 Å². The molecular weight excluding hydrogens is 495 g/mol. The van der Waals surface area contributed by atoms with E-state index in [1.165, 1.54) is 10.9 Å². The first-order chi connectivity index (χ1) is 18.7. The second-order valence-electron chi connectivity index (χ2n) is 10.1. The Bertz CT molecular complexity index is 1560. The van der Waals surface area contributed by atoms with Gasteiger partial charge in [0.05, 0.1) is 34.9 Å². The minimum atomic E-state index is -0.400. The Hall–Kier alpha value is -4.53. The first kappa shape index (κ1) is 26.1. The maximum atomic E-state index is 14.8. The van der Waals surface area contributed by atoms with Crippen LogP contribution in [0, 0.1) is 25.6 Å². The predicted molar refractivity (Wildman–Crippen MR) is 149 cm³/mol. The van der Waals surface area contributed by atoms with Gasteiger partial charge in [-0.3, -0.25) is 14.6 Å². The fourth-order valence-electron chi connectivity index (χ4n) is 4.94. The highest BCUT2D eigenvalue weighted by atomic mass is 19.1. The number of nitrogens with one attached hydrogen (secondary N) is 2. The van der Waals surface area contributed by atoms with Crippen molar-refractivity contribution < 1.29 is 14.0 Å². The van der Waals surface area contributed by atoms with E-state index in [0.717, 1.165) is 11.1 Å². The number of nitrogen functional groups attached to an aromatic ring is 1. The lowest BCUT2D eigenvalue weighted by Gasteiger charge is -2.22. The summed E-state index contributed by atoms with van der Waals surface area (Å²) in [5, 5.41) is 10.5. The molecule has 0 unspecified atom stereocenters. The molecule has 8 nitrogen and oxygen atoms in total. The molecule has 39 heavy (non-hydrogen) atoms. The van der Waals surface area contributed by atoms with E-state index in [9.17, 15) is 14.0 Å². The van der Waals surface area contributed by atoms with Gasteiger partial charge in [0.25, 0.3) is 5.91 Å². The summed E-state index contributed by atoms with van der Waals surface area (Å²) in [7, 11) is 0. The third-order valence-electron chi connectivity index (χ3n) is 7.29. The van der Waals surface area contributed by atoms with Gasteiger partial charge in [-0.2, -0.15) is 5.10 Å². The van der Waals surface area contributed by atoms with Crippen LogP contribution in [0.3, 0.4) is 0 Å². The van der Waals surface area contributed by atoms with Crippen LogP contribution < -0.4 is 16.4 Å². The van der Waals surface area contributed by atoms with Gasteiger partial charge in [0.2, 0.25) is 5.91 Å². The van der Waals surface area contributed by atoms with E-state index in [1.807, 2.05) is 25.1 Å². The van der Waals surface area contributed by atoms with Crippen molar-refractivity contribution in [1.82, 2.24) is 20.1 Å². The molecule has 0 fully saturated rings. The molecule has 5 rings (SSSR count). The summed E-state index contributed by atoms with van der Waals surface area (Å²) >= 11 is 0. The first-order valence-electron chi connectivity index (χ1n) is 13.0. The van der Waals surface area contributed by atoms with Crippen molar-refractivity contribution in [3.63, 3.8) is 0 Å². The van der Waals surface area contributed by atoms with E-state index in [-0.39, 0.29) is 23.5 Å². The van der Waals surface area contributed by atoms with Crippen molar-refractivity contribution in [1.29, 1.82) is 0 Å². The van der Waals surface area contributed by atoms with Crippen molar-refractivity contribution in [3.05, 3.63) is 89.3 Å². The highest BCUT2D eigenvalue weighted by Crippen LogP contribution is 2.33. The molecule has 4 N–H and O–H groups in total. The number of amides is 2. The highest BCUT2D eigenvalue weighted by molar-refractivity contribution is 5.97. The van der Waals surface area contributed by atoms with E-state index in [2.05, 4.69) is 20.7 Å². The molecule has 0 spiro atoms. The van der Waals surface area contributed by atoms with E-state index < -0.39 is 6.04 Å². The van der Waals surface area contributed by atoms with Gasteiger partial charge in [-0.05, 0) is 68.1 Å². The number of anilines is 2. The van der Waals surface area contributed by atoms with Gasteiger partial charge in [-0.15, -0.1) is 0 Å². The van der Waals surface area contributed by atoms with Crippen LogP contribution in [0.1, 0.15) is 59.5 Å². The van der Waals surface area contributed by atoms with Gasteiger partial charge in [-0.25, -0.2) is 9.07 Å². The first-order valence-corrected chi connectivity index (χ1v) is 13.0. The second kappa shape index (κ2) is 10.7. The number of halogens is 1. The Kier molecular flexibility index (Phi) is 7.15. The lowest BCUT2D eigenvalue weighted by molar-refractivity contribution is -0.119. The van der Waals surface area contributed by atoms with E-state index in [1.54, 1.807) is 50.4 Å². The zero-order valence-corrected chi connectivity index (χ0v) is 22.2. The largest absolute Gasteiger partial charge is 0.399 e. The van der Waals surface area contributed by atoms with E-state index in [0.29, 0.717) is 58.8 Å². The standard InChI is InChI=1S/C30H31FN6O2/c1-17-6-5-9-27(28(17)31)37-19(3)23(16-34-37)30(39)35-24-8-4-7-18(2)29(38)36-25-15-21(32)10-11-22(25)20-12-13-33-26(24)14-20/h5-6,9-16,18,24H,4,7-8,32H2,1-3H3,(H,35,39)(H,36,38)/t18-,24-/m0/s1. The summed E-state index contributed by atoms with van der Waals surface area (Å²) in [6.45, 7) is 5.32. The van der Waals surface area contributed by atoms with Crippen LogP contribution >= 0.6 is 0 Å². The Morgan fingerprint density at radius 1 is 1.15 bits per heavy atom. The Morgan fingerprint density at radius 3 is 2.79 bits per heavy atom. The number of nitrogens with zero attached hydrogens (tertiary/aromatic N) is 3. The van der Waals surface area contributed by atoms with Crippen molar-refractivity contribution >= 4 is 23.2 Å². The van der Waals surface area contributed by atoms with Gasteiger partial charge in [0.1, 0.15) is 5.69 Å². The molecule has 2 aromatic heterocycles. The zero-order valence-electron chi connectivity index (χ0n) is 22.2. The number of benzene rings is 2. The van der Waals surface area contributed by atoms with Crippen LogP contribution in [0.2, 0.25) is 0 Å². The molecule has 0 saturated carbocycles. The number of aryl methyl sites for hydroxylation is 1. The molecule has 2 amide bonds. The van der Waals surface area contributed by atoms with Crippen LogP contribution in [0.5, 0.6) is 0 Å². The maximum Gasteiger partial charge on any atom is 0.255 e. The monoisotopic (exact) mass is 526 g/mol. The Balaban J connectivity index is 1.49. The van der Waals surface area contributed by atoms with Gasteiger partial charge < -0.3 is 16.4 Å². The fourth-order valence-corrected chi connectivity index (χ4v) is 4.94. The third-order valence-corrected chi connectivity index (χ3v) is 7.29. The molecule has 200 valence electrons. The van der Waals surface area contributed by atoms with Gasteiger partial charge in [-0.1, -0.05) is 31.5 Å². The summed E-state index contributed by atoms with van der Waals surface area (Å²) in [5.41, 5.74) is 11.2. The molecular formula is C30H31FN6O2. The molecule has 4 aromatic rings. The normalized spacial score (nSPS) is 17.4. The van der Waals surface area contributed by atoms with Crippen LogP contribution in [-0.2, 0) is 4.79 Å². The van der Waals surface area contributed by atoms with Gasteiger partial charge in [0, 0.05) is 23.4 Å². The third kappa shape index (κ3) is 5.25. The van der Waals surface area contributed by atoms with E-state index in [4.69, 9.17) is 5.73 Å². The summed E-state index contributed by atoms with van der Waals surface area (Å²) in [6.07, 6.45) is 5.08. The van der Waals surface area contributed by atoms with Crippen LogP contribution in [0.25, 0.3) is 16.8 Å². The average molecular weight is 527 g/mol. The molecule has 2 atom stereocenters. The topological polar surface area (TPSA) is 115 Å². The second-order valence-corrected chi connectivity index (χ2v) is 10.1. The molecule has 1 aliphatic heterocycles. The van der Waals surface area contributed by atoms with Crippen LogP contribution in [0.15, 0.2) is 60.9 Å². The molecule has 3 heterocycles. The number of nitrogens with two attached hydrogens (primary N) is 1. The number of hydrogen-bond acceptors (Lipinski definition) is 5. The zero-order chi connectivity index (χ0) is 27.7. The molecule has 2 aromatic carbocycles. The number of carbonyl (C=O) groups is 2. The summed E-state index contributed by atoms with van der Waals surface area (Å²) in [6, 6.07) is 13.9. The Morgan fingerprint density at radius 2 is 1.97 bits per heavy atom. The predicted octanol–water partition coefficient (Wildman–Crippen LogP) is 5.50. The van der Waals surface area contributed by atoms with Crippen molar-refractivity contribution in [3.8, 4) is 16.8 Å². The van der Waals surface area contributed by atoms with E-state index >= 15 is 0 Å². The number of rotatable bonds is 3. The molecule has 0 aliphatic carbocycles. The molecule has 9 heteroatoms. The molecule has 2 bridgehead atoms. The summed E-state index contributed by atoms with van der Waals surface area (Å²) in [5.74, 6) is -1.01. The maximum absolute atomic E-state index is 14.8. The SMILES string of the molecule is Cc1cccc(-n2ncc(C(=O)N[C@H]3CCC[C@H](C)C(=O)Nc4cc(N)ccc4-c4ccnc3c4)c2C)c1F.